The van der Waals surface area contributed by atoms with Crippen LogP contribution in [0.3, 0.4) is 0 Å². The lowest BCUT2D eigenvalue weighted by atomic mass is 10.1. The predicted molar refractivity (Wildman–Crippen MR) is 325 cm³/mol. The van der Waals surface area contributed by atoms with Crippen LogP contribution in [0.15, 0.2) is 170 Å². The molecule has 0 fully saturated rings. The highest BCUT2D eigenvalue weighted by Gasteiger charge is 2.19. The molecule has 0 aliphatic rings. The fraction of sp³-hybridized carbons (Fsp3) is 0.551. The maximum Gasteiger partial charge on any atom is 0.306 e. The summed E-state index contributed by atoms with van der Waals surface area (Å²) in [5.74, 6) is -0.985. The van der Waals surface area contributed by atoms with E-state index in [-0.39, 0.29) is 37.5 Å². The average molecular weight is 1030 g/mol. The van der Waals surface area contributed by atoms with Crippen LogP contribution in [0, 0.1) is 0 Å². The standard InChI is InChI=1S/C69H106O6/c1-4-7-10-13-15-17-19-21-23-25-27-29-31-33-34-36-37-39-41-43-45-47-49-51-53-56-59-62-68(71)74-65-66(64-73-67(70)61-58-55-12-9-6-3)75-69(72)63-60-57-54-52-50-48-46-44-42-40-38-35-32-30-28-26-24-22-20-18-16-14-11-8-5-2/h7-8,10-11,15-18,21-24,27-30,33-35,37-39,42-45,48,50,66H,4-6,9,12-14,19-20,25-26,31-32,36,40-41,46-47,49,51-65H2,1-3H3/b10-7-,11-8-,17-15-,18-16-,23-21-,24-22-,29-27-,30-28-,34-33-,38-35-,39-37-,44-42-,45-43-,50-48-. The Morgan fingerprint density at radius 3 is 0.827 bits per heavy atom. The zero-order valence-electron chi connectivity index (χ0n) is 47.7. The second-order valence-corrected chi connectivity index (χ2v) is 18.8. The van der Waals surface area contributed by atoms with Crippen LogP contribution in [0.5, 0.6) is 0 Å². The van der Waals surface area contributed by atoms with Gasteiger partial charge in [-0.3, -0.25) is 14.4 Å². The fourth-order valence-corrected chi connectivity index (χ4v) is 7.34. The molecule has 0 radical (unpaired) electrons. The third kappa shape index (κ3) is 59.5. The zero-order chi connectivity index (χ0) is 54.3. The minimum absolute atomic E-state index is 0.107. The Morgan fingerprint density at radius 1 is 0.280 bits per heavy atom. The number of carbonyl (C=O) groups excluding carboxylic acids is 3. The Hall–Kier alpha value is -5.23. The molecule has 0 aliphatic carbocycles. The normalized spacial score (nSPS) is 13.4. The molecule has 1 unspecified atom stereocenters. The van der Waals surface area contributed by atoms with Gasteiger partial charge in [-0.2, -0.15) is 0 Å². The van der Waals surface area contributed by atoms with Crippen molar-refractivity contribution in [3.05, 3.63) is 170 Å². The van der Waals surface area contributed by atoms with E-state index in [2.05, 4.69) is 191 Å². The van der Waals surface area contributed by atoms with Gasteiger partial charge in [0.1, 0.15) is 13.2 Å². The first kappa shape index (κ1) is 69.8. The van der Waals surface area contributed by atoms with Crippen LogP contribution in [0.1, 0.15) is 226 Å². The van der Waals surface area contributed by atoms with Gasteiger partial charge >= 0.3 is 17.9 Å². The molecule has 1 atom stereocenters. The second kappa shape index (κ2) is 61.3. The van der Waals surface area contributed by atoms with E-state index in [1.54, 1.807) is 0 Å². The van der Waals surface area contributed by atoms with Crippen molar-refractivity contribution < 1.29 is 28.6 Å². The highest BCUT2D eigenvalue weighted by atomic mass is 16.6. The van der Waals surface area contributed by atoms with Crippen LogP contribution in [0.4, 0.5) is 0 Å². The Morgan fingerprint density at radius 2 is 0.520 bits per heavy atom. The summed E-state index contributed by atoms with van der Waals surface area (Å²) in [6, 6.07) is 0. The number of hydrogen-bond acceptors (Lipinski definition) is 6. The Labute approximate surface area is 460 Å². The van der Waals surface area contributed by atoms with Crippen LogP contribution in [-0.4, -0.2) is 37.2 Å². The number of carbonyl (C=O) groups is 3. The number of rotatable bonds is 51. The van der Waals surface area contributed by atoms with Gasteiger partial charge in [-0.25, -0.2) is 0 Å². The molecule has 6 nitrogen and oxygen atoms in total. The van der Waals surface area contributed by atoms with E-state index >= 15 is 0 Å². The third-order valence-corrected chi connectivity index (χ3v) is 11.7. The Bertz CT molecular complexity index is 1750. The molecule has 0 saturated heterocycles. The van der Waals surface area contributed by atoms with Crippen LogP contribution in [-0.2, 0) is 28.6 Å². The van der Waals surface area contributed by atoms with E-state index in [1.807, 2.05) is 0 Å². The van der Waals surface area contributed by atoms with Gasteiger partial charge in [0.2, 0.25) is 0 Å². The first-order valence-corrected chi connectivity index (χ1v) is 29.6. The predicted octanol–water partition coefficient (Wildman–Crippen LogP) is 20.3. The lowest BCUT2D eigenvalue weighted by molar-refractivity contribution is -0.167. The molecule has 75 heavy (non-hydrogen) atoms. The van der Waals surface area contributed by atoms with Gasteiger partial charge in [0.15, 0.2) is 6.10 Å². The molecule has 0 heterocycles. The van der Waals surface area contributed by atoms with Crippen LogP contribution < -0.4 is 0 Å². The molecule has 0 aromatic heterocycles. The molecule has 0 bridgehead atoms. The van der Waals surface area contributed by atoms with Gasteiger partial charge in [0, 0.05) is 19.3 Å². The molecule has 0 aromatic rings. The van der Waals surface area contributed by atoms with Crippen molar-refractivity contribution >= 4 is 17.9 Å². The topological polar surface area (TPSA) is 78.9 Å². The quantitative estimate of drug-likeness (QED) is 0.0261. The second-order valence-electron chi connectivity index (χ2n) is 18.8. The van der Waals surface area contributed by atoms with Crippen molar-refractivity contribution in [2.75, 3.05) is 13.2 Å². The number of ether oxygens (including phenoxy) is 3. The van der Waals surface area contributed by atoms with Crippen LogP contribution in [0.2, 0.25) is 0 Å². The minimum atomic E-state index is -0.810. The summed E-state index contributed by atoms with van der Waals surface area (Å²) >= 11 is 0. The lowest BCUT2D eigenvalue weighted by Gasteiger charge is -2.18. The van der Waals surface area contributed by atoms with Crippen molar-refractivity contribution in [2.24, 2.45) is 0 Å². The maximum atomic E-state index is 12.8. The van der Waals surface area contributed by atoms with Crippen molar-refractivity contribution in [1.82, 2.24) is 0 Å². The summed E-state index contributed by atoms with van der Waals surface area (Å²) in [7, 11) is 0. The van der Waals surface area contributed by atoms with E-state index in [4.69, 9.17) is 14.2 Å². The number of allylic oxidation sites excluding steroid dienone is 28. The molecule has 0 spiro atoms. The molecule has 0 aromatic carbocycles. The first-order valence-electron chi connectivity index (χ1n) is 29.6. The van der Waals surface area contributed by atoms with Gasteiger partial charge in [0.05, 0.1) is 0 Å². The van der Waals surface area contributed by atoms with Gasteiger partial charge in [-0.05, 0) is 135 Å². The lowest BCUT2D eigenvalue weighted by Crippen LogP contribution is -2.30. The maximum absolute atomic E-state index is 12.8. The monoisotopic (exact) mass is 1030 g/mol. The number of hydrogen-bond donors (Lipinski definition) is 0. The third-order valence-electron chi connectivity index (χ3n) is 11.7. The van der Waals surface area contributed by atoms with E-state index in [0.29, 0.717) is 19.3 Å². The molecule has 0 saturated carbocycles. The summed E-state index contributed by atoms with van der Waals surface area (Å²) in [5.41, 5.74) is 0. The van der Waals surface area contributed by atoms with Crippen LogP contribution in [0.25, 0.3) is 0 Å². The highest BCUT2D eigenvalue weighted by Crippen LogP contribution is 2.12. The summed E-state index contributed by atoms with van der Waals surface area (Å²) in [6.45, 7) is 6.26. The van der Waals surface area contributed by atoms with E-state index in [9.17, 15) is 14.4 Å². The van der Waals surface area contributed by atoms with Crippen molar-refractivity contribution in [2.45, 2.75) is 232 Å². The molecule has 418 valence electrons. The molecule has 6 heteroatoms. The van der Waals surface area contributed by atoms with E-state index in [1.165, 1.54) is 0 Å². The smallest absolute Gasteiger partial charge is 0.306 e. The van der Waals surface area contributed by atoms with E-state index in [0.717, 1.165) is 180 Å². The number of esters is 3. The van der Waals surface area contributed by atoms with Crippen LogP contribution >= 0.6 is 0 Å². The Balaban J connectivity index is 4.26. The molecular formula is C69H106O6. The molecule has 0 aliphatic heterocycles. The summed E-state index contributed by atoms with van der Waals surface area (Å²) in [4.78, 5) is 37.9. The van der Waals surface area contributed by atoms with Crippen molar-refractivity contribution in [1.29, 1.82) is 0 Å². The molecule has 0 rings (SSSR count). The van der Waals surface area contributed by atoms with Gasteiger partial charge in [0.25, 0.3) is 0 Å². The Kier molecular flexibility index (Phi) is 57.0. The van der Waals surface area contributed by atoms with E-state index < -0.39 is 6.10 Å². The number of unbranched alkanes of at least 4 members (excludes halogenated alkanes) is 12. The minimum Gasteiger partial charge on any atom is -0.462 e. The first-order chi connectivity index (χ1) is 37.0. The molecule has 0 amide bonds. The summed E-state index contributed by atoms with van der Waals surface area (Å²) in [6.07, 6.45) is 91.0. The largest absolute Gasteiger partial charge is 0.462 e. The highest BCUT2D eigenvalue weighted by molar-refractivity contribution is 5.71. The molecular weight excluding hydrogens is 925 g/mol. The van der Waals surface area contributed by atoms with Gasteiger partial charge in [-0.1, -0.05) is 242 Å². The SMILES string of the molecule is CC/C=C\C/C=C\C/C=C\C/C=C\C/C=C\C/C=C\C/C=C\CCCCCCCC(=O)OCC(COC(=O)CCCCCCC)OC(=O)CCCCC/C=C\C/C=C\C/C=C\C/C=C\C/C=C\C/C=C\C/C=C\CC. The van der Waals surface area contributed by atoms with Gasteiger partial charge < -0.3 is 14.2 Å². The van der Waals surface area contributed by atoms with Crippen molar-refractivity contribution in [3.63, 3.8) is 0 Å². The average Bonchev–Trinajstić information content (AvgIpc) is 3.41. The zero-order valence-corrected chi connectivity index (χ0v) is 47.7. The van der Waals surface area contributed by atoms with Gasteiger partial charge in [-0.15, -0.1) is 0 Å². The van der Waals surface area contributed by atoms with Crippen molar-refractivity contribution in [3.8, 4) is 0 Å². The summed E-state index contributed by atoms with van der Waals surface area (Å²) < 4.78 is 16.7. The summed E-state index contributed by atoms with van der Waals surface area (Å²) in [5, 5.41) is 0. The fourth-order valence-electron chi connectivity index (χ4n) is 7.34. The molecule has 0 N–H and O–H groups in total.